The van der Waals surface area contributed by atoms with Crippen molar-refractivity contribution in [3.63, 3.8) is 0 Å². The molecule has 0 spiro atoms. The van der Waals surface area contributed by atoms with Crippen molar-refractivity contribution in [1.29, 1.82) is 0 Å². The van der Waals surface area contributed by atoms with E-state index in [0.717, 1.165) is 0 Å². The lowest BCUT2D eigenvalue weighted by atomic mass is 9.73. The van der Waals surface area contributed by atoms with E-state index in [9.17, 15) is 0 Å². The number of nitrogens with zero attached hydrogens (tertiary/aromatic N) is 2. The molecule has 2 heterocycles. The average Bonchev–Trinajstić information content (AvgIpc) is 2.90. The molecule has 0 saturated heterocycles. The molecule has 2 aliphatic heterocycles. The third-order valence-electron chi connectivity index (χ3n) is 5.30. The van der Waals surface area contributed by atoms with E-state index in [0.29, 0.717) is 0 Å². The lowest BCUT2D eigenvalue weighted by molar-refractivity contribution is -0.394. The molecule has 0 saturated carbocycles. The quantitative estimate of drug-likeness (QED) is 0.527. The number of para-hydroxylation sites is 1. The normalized spacial score (nSPS) is 16.7. The third kappa shape index (κ3) is 1.49. The molecule has 2 aliphatic rings. The molecule has 0 radical (unpaired) electrons. The minimum atomic E-state index is -0.0198. The molecule has 3 aromatic rings. The van der Waals surface area contributed by atoms with Crippen molar-refractivity contribution in [1.82, 2.24) is 4.58 Å². The molecule has 3 aromatic carbocycles. The van der Waals surface area contributed by atoms with Crippen molar-refractivity contribution < 1.29 is 4.58 Å². The second kappa shape index (κ2) is 3.98. The van der Waals surface area contributed by atoms with Gasteiger partial charge in [0.2, 0.25) is 5.69 Å². The molecule has 0 amide bonds. The average molecular weight is 298 g/mol. The summed E-state index contributed by atoms with van der Waals surface area (Å²) >= 11 is 0. The Morgan fingerprint density at radius 3 is 2.35 bits per heavy atom. The maximum atomic E-state index is 3.49. The van der Waals surface area contributed by atoms with Crippen LogP contribution in [0.4, 0.5) is 17.1 Å². The summed E-state index contributed by atoms with van der Waals surface area (Å²) in [5, 5.41) is 2.57. The topological polar surface area (TPSA) is 6.02 Å². The largest absolute Gasteiger partial charge is 0.496 e. The van der Waals surface area contributed by atoms with Gasteiger partial charge in [0.25, 0.3) is 5.69 Å². The summed E-state index contributed by atoms with van der Waals surface area (Å²) in [4.78, 5) is 0. The summed E-state index contributed by atoms with van der Waals surface area (Å²) in [6.45, 7) is 4.65. The molecular formula is C21H18N2+2. The van der Waals surface area contributed by atoms with Gasteiger partial charge in [-0.05, 0) is 21.4 Å². The minimum absolute atomic E-state index is 0.0198. The molecule has 5 rings (SSSR count). The number of hydrogen-bond donors (Lipinski definition) is 0. The predicted octanol–water partition coefficient (Wildman–Crippen LogP) is 4.78. The van der Waals surface area contributed by atoms with Crippen LogP contribution in [0, 0.1) is 0 Å². The summed E-state index contributed by atoms with van der Waals surface area (Å²) in [7, 11) is 2.07. The fraction of sp³-hybridized carbons (Fsp3) is 0.190. The first-order valence-corrected chi connectivity index (χ1v) is 8.04. The van der Waals surface area contributed by atoms with Crippen molar-refractivity contribution in [2.45, 2.75) is 19.3 Å². The van der Waals surface area contributed by atoms with Gasteiger partial charge in [-0.1, -0.05) is 54.8 Å². The Bertz CT molecular complexity index is 1080. The van der Waals surface area contributed by atoms with E-state index < -0.39 is 0 Å². The smallest absolute Gasteiger partial charge is 0.0893 e. The highest BCUT2D eigenvalue weighted by Crippen LogP contribution is 2.51. The molecule has 23 heavy (non-hydrogen) atoms. The summed E-state index contributed by atoms with van der Waals surface area (Å²) in [6, 6.07) is 23.3. The summed E-state index contributed by atoms with van der Waals surface area (Å²) in [5.74, 6) is 0. The van der Waals surface area contributed by atoms with Gasteiger partial charge in [-0.3, -0.25) is 0 Å². The highest BCUT2D eigenvalue weighted by molar-refractivity contribution is 5.92. The van der Waals surface area contributed by atoms with Gasteiger partial charge < -0.3 is 0 Å². The second-order valence-corrected chi connectivity index (χ2v) is 7.01. The molecule has 0 atom stereocenters. The van der Waals surface area contributed by atoms with E-state index >= 15 is 0 Å². The van der Waals surface area contributed by atoms with Crippen molar-refractivity contribution in [3.8, 4) is 0 Å². The van der Waals surface area contributed by atoms with Gasteiger partial charge in [-0.25, -0.2) is 0 Å². The molecular weight excluding hydrogens is 280 g/mol. The van der Waals surface area contributed by atoms with Crippen LogP contribution < -0.4 is 4.58 Å². The van der Waals surface area contributed by atoms with Gasteiger partial charge in [0.05, 0.1) is 0 Å². The third-order valence-corrected chi connectivity index (χ3v) is 5.30. The van der Waals surface area contributed by atoms with Crippen molar-refractivity contribution in [2.24, 2.45) is 0 Å². The van der Waals surface area contributed by atoms with Gasteiger partial charge >= 0.3 is 11.7 Å². The molecule has 0 N–H and O–H groups in total. The van der Waals surface area contributed by atoms with Crippen LogP contribution in [0.5, 0.6) is 0 Å². The molecule has 0 aliphatic carbocycles. The van der Waals surface area contributed by atoms with Crippen molar-refractivity contribution in [2.75, 3.05) is 7.05 Å². The van der Waals surface area contributed by atoms with E-state index in [1.54, 1.807) is 0 Å². The van der Waals surface area contributed by atoms with Crippen molar-refractivity contribution in [3.05, 3.63) is 65.7 Å². The van der Waals surface area contributed by atoms with E-state index in [1.165, 1.54) is 39.0 Å². The molecule has 0 fully saturated rings. The van der Waals surface area contributed by atoms with Crippen LogP contribution in [-0.4, -0.2) is 17.6 Å². The molecule has 0 bridgehead atoms. The van der Waals surface area contributed by atoms with Crippen LogP contribution in [0.15, 0.2) is 54.6 Å². The number of benzene rings is 3. The van der Waals surface area contributed by atoms with Crippen LogP contribution >= 0.6 is 0 Å². The van der Waals surface area contributed by atoms with E-state index in [2.05, 4.69) is 90.7 Å². The van der Waals surface area contributed by atoms with Gasteiger partial charge in [-0.15, -0.1) is 0 Å². The molecule has 110 valence electrons. The molecule has 0 aromatic heterocycles. The van der Waals surface area contributed by atoms with Crippen LogP contribution in [0.2, 0.25) is 0 Å². The Labute approximate surface area is 135 Å². The van der Waals surface area contributed by atoms with Gasteiger partial charge in [0.1, 0.15) is 0 Å². The Hall–Kier alpha value is -2.70. The van der Waals surface area contributed by atoms with Crippen LogP contribution in [-0.2, 0) is 5.41 Å². The number of hydrogen-bond acceptors (Lipinski definition) is 0. The van der Waals surface area contributed by atoms with Gasteiger partial charge in [-0.2, -0.15) is 0 Å². The zero-order valence-corrected chi connectivity index (χ0v) is 13.6. The Morgan fingerprint density at radius 2 is 1.57 bits per heavy atom. The second-order valence-electron chi connectivity index (χ2n) is 7.01. The van der Waals surface area contributed by atoms with Gasteiger partial charge in [0.15, 0.2) is 7.05 Å². The maximum absolute atomic E-state index is 3.49. The fourth-order valence-electron chi connectivity index (χ4n) is 4.03. The van der Waals surface area contributed by atoms with E-state index in [1.807, 2.05) is 0 Å². The standard InChI is InChI=1S/C21H18N2/c1-21(2)16-9-6-10-18-20(16)23(13-22(18)3)19-12-15-8-5-4-7-14(15)11-17(19)21/h4-12H,1-3H3/q+2. The minimum Gasteiger partial charge on any atom is -0.0893 e. The van der Waals surface area contributed by atoms with E-state index in [-0.39, 0.29) is 5.41 Å². The first-order valence-electron chi connectivity index (χ1n) is 8.04. The number of fused-ring (bicyclic) bond motifs is 3. The fourth-order valence-corrected chi connectivity index (χ4v) is 4.03. The Kier molecular flexibility index (Phi) is 2.22. The first-order chi connectivity index (χ1) is 11.1. The first kappa shape index (κ1) is 12.8. The van der Waals surface area contributed by atoms with Crippen LogP contribution in [0.25, 0.3) is 10.8 Å². The Morgan fingerprint density at radius 1 is 0.826 bits per heavy atom. The lowest BCUT2D eigenvalue weighted by Crippen LogP contribution is -2.27. The summed E-state index contributed by atoms with van der Waals surface area (Å²) < 4.78 is 4.33. The summed E-state index contributed by atoms with van der Waals surface area (Å²) in [5.41, 5.74) is 6.47. The van der Waals surface area contributed by atoms with Gasteiger partial charge in [0, 0.05) is 28.7 Å². The maximum Gasteiger partial charge on any atom is 0.496 e. The van der Waals surface area contributed by atoms with E-state index in [4.69, 9.17) is 0 Å². The predicted molar refractivity (Wildman–Crippen MR) is 94.8 cm³/mol. The monoisotopic (exact) mass is 298 g/mol. The zero-order chi connectivity index (χ0) is 15.8. The molecule has 2 heteroatoms. The Balaban J connectivity index is 1.97. The lowest BCUT2D eigenvalue weighted by Gasteiger charge is -2.29. The SMILES string of the molecule is C[N+]1=C=[N+]2c3cc4ccccc4cc3C(C)(C)c3cccc1c32. The zero-order valence-electron chi connectivity index (χ0n) is 13.6. The highest BCUT2D eigenvalue weighted by atomic mass is 15.2. The van der Waals surface area contributed by atoms with Crippen LogP contribution in [0.1, 0.15) is 25.0 Å². The summed E-state index contributed by atoms with van der Waals surface area (Å²) in [6.07, 6.45) is 0. The molecule has 0 unspecified atom stereocenters. The van der Waals surface area contributed by atoms with Crippen LogP contribution in [0.3, 0.4) is 0 Å². The highest BCUT2D eigenvalue weighted by Gasteiger charge is 2.48. The number of rotatable bonds is 0. The molecule has 2 nitrogen and oxygen atoms in total. The van der Waals surface area contributed by atoms with Crippen molar-refractivity contribution >= 4 is 33.8 Å².